The molecular formula is C12H14O5. The maximum Gasteiger partial charge on any atom is 0.258 e. The Morgan fingerprint density at radius 1 is 1.29 bits per heavy atom. The van der Waals surface area contributed by atoms with Crippen LogP contribution in [-0.2, 0) is 9.53 Å². The molecule has 0 spiro atoms. The third-order valence-electron chi connectivity index (χ3n) is 2.12. The molecule has 0 bridgehead atoms. The van der Waals surface area contributed by atoms with E-state index in [1.54, 1.807) is 19.1 Å². The molecule has 1 N–H and O–H groups in total. The summed E-state index contributed by atoms with van der Waals surface area (Å²) in [7, 11) is 1.50. The van der Waals surface area contributed by atoms with Gasteiger partial charge < -0.3 is 14.6 Å². The van der Waals surface area contributed by atoms with Crippen LogP contribution in [0.25, 0.3) is 0 Å². The fraction of sp³-hybridized carbons (Fsp3) is 0.333. The number of carbonyl (C=O) groups excluding carboxylic acids is 2. The second-order valence-corrected chi connectivity index (χ2v) is 3.23. The van der Waals surface area contributed by atoms with Crippen LogP contribution in [0.5, 0.6) is 5.75 Å². The third kappa shape index (κ3) is 3.37. The number of hydrogen-bond acceptors (Lipinski definition) is 5. The van der Waals surface area contributed by atoms with Gasteiger partial charge in [0.1, 0.15) is 5.75 Å². The first-order valence-electron chi connectivity index (χ1n) is 5.12. The van der Waals surface area contributed by atoms with E-state index in [2.05, 4.69) is 4.74 Å². The van der Waals surface area contributed by atoms with Gasteiger partial charge in [-0.15, -0.1) is 0 Å². The molecule has 0 aliphatic heterocycles. The quantitative estimate of drug-likeness (QED) is 0.451. The number of hydrogen-bond donors (Lipinski definition) is 1. The van der Waals surface area contributed by atoms with Gasteiger partial charge in [-0.05, 0) is 31.2 Å². The van der Waals surface area contributed by atoms with Gasteiger partial charge in [0, 0.05) is 12.2 Å². The molecule has 1 unspecified atom stereocenters. The number of carbonyl (C=O) groups is 2. The smallest absolute Gasteiger partial charge is 0.258 e. The summed E-state index contributed by atoms with van der Waals surface area (Å²) in [6, 6.07) is 6.04. The van der Waals surface area contributed by atoms with Gasteiger partial charge in [0.05, 0.1) is 7.11 Å². The first-order chi connectivity index (χ1) is 8.10. The molecule has 0 fully saturated rings. The predicted octanol–water partition coefficient (Wildman–Crippen LogP) is 0.802. The SMILES string of the molecule is CCOC(O)C(=O)C(=O)c1ccc(OC)cc1. The van der Waals surface area contributed by atoms with E-state index >= 15 is 0 Å². The topological polar surface area (TPSA) is 72.8 Å². The molecule has 1 rings (SSSR count). The van der Waals surface area contributed by atoms with E-state index in [1.165, 1.54) is 19.2 Å². The van der Waals surface area contributed by atoms with Crippen LogP contribution in [0, 0.1) is 0 Å². The summed E-state index contributed by atoms with van der Waals surface area (Å²) in [6.07, 6.45) is -1.70. The first-order valence-corrected chi connectivity index (χ1v) is 5.12. The van der Waals surface area contributed by atoms with Crippen molar-refractivity contribution in [3.05, 3.63) is 29.8 Å². The Morgan fingerprint density at radius 2 is 1.88 bits per heavy atom. The van der Waals surface area contributed by atoms with Gasteiger partial charge in [-0.2, -0.15) is 0 Å². The second-order valence-electron chi connectivity index (χ2n) is 3.23. The number of aliphatic hydroxyl groups excluding tert-OH is 1. The standard InChI is InChI=1S/C12H14O5/c1-3-17-12(15)11(14)10(13)8-4-6-9(16-2)7-5-8/h4-7,12,15H,3H2,1-2H3. The van der Waals surface area contributed by atoms with Crippen molar-refractivity contribution in [3.8, 4) is 5.75 Å². The lowest BCUT2D eigenvalue weighted by atomic mass is 10.1. The minimum Gasteiger partial charge on any atom is -0.497 e. The number of aliphatic hydroxyl groups is 1. The van der Waals surface area contributed by atoms with Gasteiger partial charge in [-0.3, -0.25) is 9.59 Å². The average Bonchev–Trinajstić information content (AvgIpc) is 2.37. The summed E-state index contributed by atoms with van der Waals surface area (Å²) in [5.74, 6) is -1.18. The first kappa shape index (κ1) is 13.3. The Morgan fingerprint density at radius 3 is 2.35 bits per heavy atom. The zero-order chi connectivity index (χ0) is 12.8. The molecule has 0 aromatic heterocycles. The van der Waals surface area contributed by atoms with Crippen LogP contribution in [0.1, 0.15) is 17.3 Å². The fourth-order valence-corrected chi connectivity index (χ4v) is 1.23. The molecule has 5 heteroatoms. The number of benzene rings is 1. The molecule has 0 saturated heterocycles. The summed E-state index contributed by atoms with van der Waals surface area (Å²) in [5, 5.41) is 9.23. The number of ketones is 2. The van der Waals surface area contributed by atoms with Gasteiger partial charge in [0.15, 0.2) is 0 Å². The van der Waals surface area contributed by atoms with Gasteiger partial charge in [-0.1, -0.05) is 0 Å². The van der Waals surface area contributed by atoms with Crippen molar-refractivity contribution in [2.24, 2.45) is 0 Å². The van der Waals surface area contributed by atoms with E-state index in [4.69, 9.17) is 4.74 Å². The van der Waals surface area contributed by atoms with E-state index in [0.717, 1.165) is 0 Å². The van der Waals surface area contributed by atoms with Crippen LogP contribution in [0.3, 0.4) is 0 Å². The lowest BCUT2D eigenvalue weighted by Gasteiger charge is -2.08. The molecule has 17 heavy (non-hydrogen) atoms. The maximum atomic E-state index is 11.6. The number of rotatable bonds is 6. The highest BCUT2D eigenvalue weighted by Crippen LogP contribution is 2.12. The van der Waals surface area contributed by atoms with E-state index in [9.17, 15) is 14.7 Å². The van der Waals surface area contributed by atoms with Gasteiger partial charge >= 0.3 is 0 Å². The van der Waals surface area contributed by atoms with Crippen LogP contribution >= 0.6 is 0 Å². The van der Waals surface area contributed by atoms with Crippen molar-refractivity contribution in [2.75, 3.05) is 13.7 Å². The van der Waals surface area contributed by atoms with Gasteiger partial charge in [0.2, 0.25) is 12.1 Å². The Hall–Kier alpha value is -1.72. The average molecular weight is 238 g/mol. The van der Waals surface area contributed by atoms with Crippen molar-refractivity contribution in [1.29, 1.82) is 0 Å². The lowest BCUT2D eigenvalue weighted by Crippen LogP contribution is -2.30. The van der Waals surface area contributed by atoms with Crippen LogP contribution in [-0.4, -0.2) is 36.7 Å². The highest BCUT2D eigenvalue weighted by Gasteiger charge is 2.24. The van der Waals surface area contributed by atoms with Crippen molar-refractivity contribution in [2.45, 2.75) is 13.2 Å². The number of methoxy groups -OCH3 is 1. The summed E-state index contributed by atoms with van der Waals surface area (Å²) in [6.45, 7) is 1.77. The molecule has 0 saturated carbocycles. The summed E-state index contributed by atoms with van der Waals surface area (Å²) < 4.78 is 9.58. The van der Waals surface area contributed by atoms with Gasteiger partial charge in [0.25, 0.3) is 5.78 Å². The van der Waals surface area contributed by atoms with Crippen LogP contribution in [0.2, 0.25) is 0 Å². The zero-order valence-corrected chi connectivity index (χ0v) is 9.67. The summed E-state index contributed by atoms with van der Waals surface area (Å²) >= 11 is 0. The van der Waals surface area contributed by atoms with Crippen molar-refractivity contribution >= 4 is 11.6 Å². The molecule has 5 nitrogen and oxygen atoms in total. The molecule has 0 amide bonds. The number of ether oxygens (including phenoxy) is 2. The van der Waals surface area contributed by atoms with Crippen LogP contribution in [0.15, 0.2) is 24.3 Å². The molecule has 1 aromatic carbocycles. The minimum absolute atomic E-state index is 0.156. The van der Waals surface area contributed by atoms with E-state index in [0.29, 0.717) is 5.75 Å². The molecule has 1 atom stereocenters. The Labute approximate surface area is 99.0 Å². The third-order valence-corrected chi connectivity index (χ3v) is 2.12. The highest BCUT2D eigenvalue weighted by atomic mass is 16.6. The van der Waals surface area contributed by atoms with Crippen molar-refractivity contribution in [3.63, 3.8) is 0 Å². The molecule has 0 radical (unpaired) electrons. The second kappa shape index (κ2) is 6.12. The number of Topliss-reactive ketones (excluding diaryl/α,β-unsaturated/α-hetero) is 2. The molecule has 0 aliphatic rings. The summed E-state index contributed by atoms with van der Waals surface area (Å²) in [5.41, 5.74) is 0.189. The molecule has 0 aliphatic carbocycles. The molecule has 0 heterocycles. The molecule has 92 valence electrons. The van der Waals surface area contributed by atoms with Crippen LogP contribution in [0.4, 0.5) is 0 Å². The highest BCUT2D eigenvalue weighted by molar-refractivity contribution is 6.44. The van der Waals surface area contributed by atoms with E-state index < -0.39 is 17.9 Å². The zero-order valence-electron chi connectivity index (χ0n) is 9.67. The lowest BCUT2D eigenvalue weighted by molar-refractivity contribution is -0.149. The predicted molar refractivity (Wildman–Crippen MR) is 60.0 cm³/mol. The van der Waals surface area contributed by atoms with Gasteiger partial charge in [-0.25, -0.2) is 0 Å². The van der Waals surface area contributed by atoms with Crippen LogP contribution < -0.4 is 4.74 Å². The van der Waals surface area contributed by atoms with Crippen molar-refractivity contribution < 1.29 is 24.2 Å². The fourth-order valence-electron chi connectivity index (χ4n) is 1.23. The van der Waals surface area contributed by atoms with E-state index in [-0.39, 0.29) is 12.2 Å². The minimum atomic E-state index is -1.70. The Balaban J connectivity index is 2.78. The monoisotopic (exact) mass is 238 g/mol. The normalized spacial score (nSPS) is 11.9. The summed E-state index contributed by atoms with van der Waals surface area (Å²) in [4.78, 5) is 23.1. The van der Waals surface area contributed by atoms with E-state index in [1.807, 2.05) is 0 Å². The molecule has 1 aromatic rings. The van der Waals surface area contributed by atoms with Crippen molar-refractivity contribution in [1.82, 2.24) is 0 Å². The Kier molecular flexibility index (Phi) is 4.81. The maximum absolute atomic E-state index is 11.6. The molecular weight excluding hydrogens is 224 g/mol. The Bertz CT molecular complexity index is 396. The largest absolute Gasteiger partial charge is 0.497 e.